The maximum absolute atomic E-state index is 13.3. The second-order valence-corrected chi connectivity index (χ2v) is 10.9. The Hall–Kier alpha value is -3.29. The van der Waals surface area contributed by atoms with Gasteiger partial charge in [0, 0.05) is 26.6 Å². The van der Waals surface area contributed by atoms with E-state index >= 15 is 0 Å². The highest BCUT2D eigenvalue weighted by Crippen LogP contribution is 2.33. The van der Waals surface area contributed by atoms with Crippen LogP contribution in [0.4, 0.5) is 0 Å². The monoisotopic (exact) mass is 516 g/mol. The second kappa shape index (κ2) is 10.4. The van der Waals surface area contributed by atoms with Gasteiger partial charge in [0.2, 0.25) is 10.0 Å². The van der Waals surface area contributed by atoms with Crippen molar-refractivity contribution in [3.63, 3.8) is 0 Å². The number of rotatable bonds is 11. The molecule has 0 radical (unpaired) electrons. The Morgan fingerprint density at radius 1 is 1.06 bits per heavy atom. The van der Waals surface area contributed by atoms with E-state index in [1.165, 1.54) is 14.8 Å². The third-order valence-corrected chi connectivity index (χ3v) is 7.65. The molecule has 0 aliphatic heterocycles. The topological polar surface area (TPSA) is 142 Å². The first-order chi connectivity index (χ1) is 17.2. The summed E-state index contributed by atoms with van der Waals surface area (Å²) in [5.74, 6) is 1.40. The Kier molecular flexibility index (Phi) is 7.43. The molecule has 36 heavy (non-hydrogen) atoms. The van der Waals surface area contributed by atoms with Gasteiger partial charge in [-0.2, -0.15) is 4.31 Å². The molecule has 2 N–H and O–H groups in total. The van der Waals surface area contributed by atoms with Crippen molar-refractivity contribution in [2.45, 2.75) is 38.0 Å². The number of sulfonamides is 1. The molecule has 0 aliphatic rings. The molecule has 194 valence electrons. The van der Waals surface area contributed by atoms with Crippen molar-refractivity contribution in [2.75, 3.05) is 40.8 Å². The Balaban J connectivity index is 1.84. The summed E-state index contributed by atoms with van der Waals surface area (Å²) in [5.41, 5.74) is 1.24. The van der Waals surface area contributed by atoms with Gasteiger partial charge < -0.3 is 14.6 Å². The third-order valence-electron chi connectivity index (χ3n) is 5.80. The molecular formula is C23H32N8O4S. The van der Waals surface area contributed by atoms with E-state index in [4.69, 9.17) is 4.74 Å². The zero-order valence-corrected chi connectivity index (χ0v) is 22.0. The SMILES string of the molecule is CCCOc1ccc(S(=O)(=O)N(C)CCN(C)C)cc1-c1nc2[nH]c(=O)n3c(CCC)nnc3c2[nH]1. The minimum atomic E-state index is -3.75. The molecular weight excluding hydrogens is 484 g/mol. The maximum atomic E-state index is 13.3. The van der Waals surface area contributed by atoms with Gasteiger partial charge in [-0.25, -0.2) is 22.6 Å². The predicted octanol–water partition coefficient (Wildman–Crippen LogP) is 1.88. The summed E-state index contributed by atoms with van der Waals surface area (Å²) in [7, 11) is 1.59. The number of fused-ring (bicyclic) bond motifs is 3. The van der Waals surface area contributed by atoms with Crippen molar-refractivity contribution < 1.29 is 13.2 Å². The highest BCUT2D eigenvalue weighted by molar-refractivity contribution is 7.89. The summed E-state index contributed by atoms with van der Waals surface area (Å²) in [6.45, 7) is 5.37. The number of nitrogens with one attached hydrogen (secondary N) is 2. The van der Waals surface area contributed by atoms with Crippen molar-refractivity contribution in [3.8, 4) is 17.1 Å². The number of hydrogen-bond donors (Lipinski definition) is 2. The van der Waals surface area contributed by atoms with Crippen LogP contribution in [0.1, 0.15) is 32.5 Å². The van der Waals surface area contributed by atoms with Gasteiger partial charge in [0.25, 0.3) is 0 Å². The van der Waals surface area contributed by atoms with E-state index in [0.29, 0.717) is 65.9 Å². The van der Waals surface area contributed by atoms with Crippen LogP contribution in [0.3, 0.4) is 0 Å². The highest BCUT2D eigenvalue weighted by Gasteiger charge is 2.24. The Morgan fingerprint density at radius 3 is 2.53 bits per heavy atom. The number of H-pyrrole nitrogens is 2. The average molecular weight is 517 g/mol. The Labute approximate surface area is 209 Å². The quantitative estimate of drug-likeness (QED) is 0.308. The molecule has 0 amide bonds. The summed E-state index contributed by atoms with van der Waals surface area (Å²) in [6, 6.07) is 4.72. The van der Waals surface area contributed by atoms with E-state index in [-0.39, 0.29) is 10.6 Å². The predicted molar refractivity (Wildman–Crippen MR) is 137 cm³/mol. The zero-order valence-electron chi connectivity index (χ0n) is 21.2. The molecule has 4 rings (SSSR count). The van der Waals surface area contributed by atoms with Crippen molar-refractivity contribution in [1.29, 1.82) is 0 Å². The number of ether oxygens (including phenoxy) is 1. The van der Waals surface area contributed by atoms with Crippen molar-refractivity contribution >= 4 is 26.8 Å². The van der Waals surface area contributed by atoms with Crippen LogP contribution in [-0.2, 0) is 16.4 Å². The molecule has 12 nitrogen and oxygen atoms in total. The molecule has 0 spiro atoms. The van der Waals surface area contributed by atoms with Crippen LogP contribution in [0.5, 0.6) is 5.75 Å². The molecule has 0 saturated carbocycles. The van der Waals surface area contributed by atoms with Crippen LogP contribution < -0.4 is 10.4 Å². The normalized spacial score (nSPS) is 12.4. The van der Waals surface area contributed by atoms with Crippen molar-refractivity contribution in [1.82, 2.24) is 38.8 Å². The number of aryl methyl sites for hydroxylation is 1. The molecule has 1 aromatic carbocycles. The largest absolute Gasteiger partial charge is 0.493 e. The van der Waals surface area contributed by atoms with Crippen LogP contribution in [0.2, 0.25) is 0 Å². The lowest BCUT2D eigenvalue weighted by atomic mass is 10.2. The first-order valence-electron chi connectivity index (χ1n) is 11.9. The van der Waals surface area contributed by atoms with Gasteiger partial charge in [0.05, 0.1) is 17.1 Å². The summed E-state index contributed by atoms with van der Waals surface area (Å²) in [6.07, 6.45) is 2.20. The van der Waals surface area contributed by atoms with E-state index in [1.54, 1.807) is 19.2 Å². The van der Waals surface area contributed by atoms with Gasteiger partial charge >= 0.3 is 5.69 Å². The first kappa shape index (κ1) is 25.8. The van der Waals surface area contributed by atoms with Crippen molar-refractivity contribution in [2.24, 2.45) is 0 Å². The number of aromatic amines is 2. The number of likely N-dealkylation sites (N-methyl/N-ethyl adjacent to an activating group) is 2. The molecule has 0 fully saturated rings. The van der Waals surface area contributed by atoms with Crippen LogP contribution in [0, 0.1) is 0 Å². The van der Waals surface area contributed by atoms with E-state index in [1.807, 2.05) is 32.8 Å². The number of nitrogens with zero attached hydrogens (tertiary/aromatic N) is 6. The van der Waals surface area contributed by atoms with E-state index < -0.39 is 10.0 Å². The number of benzene rings is 1. The Morgan fingerprint density at radius 2 is 1.83 bits per heavy atom. The molecule has 0 aliphatic carbocycles. The van der Waals surface area contributed by atoms with E-state index in [0.717, 1.165) is 12.8 Å². The van der Waals surface area contributed by atoms with Gasteiger partial charge in [0.1, 0.15) is 22.9 Å². The highest BCUT2D eigenvalue weighted by atomic mass is 32.2. The minimum Gasteiger partial charge on any atom is -0.493 e. The lowest BCUT2D eigenvalue weighted by Gasteiger charge is -2.20. The first-order valence-corrected chi connectivity index (χ1v) is 13.4. The van der Waals surface area contributed by atoms with E-state index in [2.05, 4.69) is 25.1 Å². The maximum Gasteiger partial charge on any atom is 0.334 e. The van der Waals surface area contributed by atoms with Crippen LogP contribution in [0.15, 0.2) is 27.9 Å². The molecule has 0 saturated heterocycles. The lowest BCUT2D eigenvalue weighted by molar-refractivity contribution is 0.318. The van der Waals surface area contributed by atoms with Gasteiger partial charge in [-0.3, -0.25) is 4.98 Å². The molecule has 0 atom stereocenters. The fourth-order valence-electron chi connectivity index (χ4n) is 3.82. The molecule has 3 heterocycles. The van der Waals surface area contributed by atoms with Crippen LogP contribution >= 0.6 is 0 Å². The van der Waals surface area contributed by atoms with E-state index in [9.17, 15) is 13.2 Å². The third kappa shape index (κ3) is 4.86. The lowest BCUT2D eigenvalue weighted by Crippen LogP contribution is -2.33. The number of aromatic nitrogens is 6. The number of imidazole rings is 1. The summed E-state index contributed by atoms with van der Waals surface area (Å²) >= 11 is 0. The molecule has 3 aromatic heterocycles. The van der Waals surface area contributed by atoms with Gasteiger partial charge in [-0.1, -0.05) is 13.8 Å². The summed E-state index contributed by atoms with van der Waals surface area (Å²) in [5, 5.41) is 8.37. The van der Waals surface area contributed by atoms with Crippen LogP contribution in [-0.4, -0.2) is 88.0 Å². The summed E-state index contributed by atoms with van der Waals surface area (Å²) < 4.78 is 35.2. The van der Waals surface area contributed by atoms with Gasteiger partial charge in [0.15, 0.2) is 11.3 Å². The minimum absolute atomic E-state index is 0.120. The van der Waals surface area contributed by atoms with Gasteiger partial charge in [-0.15, -0.1) is 10.2 Å². The fraction of sp³-hybridized carbons (Fsp3) is 0.478. The van der Waals surface area contributed by atoms with Gasteiger partial charge in [-0.05, 0) is 45.1 Å². The van der Waals surface area contributed by atoms with Crippen molar-refractivity contribution in [3.05, 3.63) is 34.5 Å². The Bertz CT molecular complexity index is 1540. The second-order valence-electron chi connectivity index (χ2n) is 8.90. The zero-order chi connectivity index (χ0) is 26.0. The number of hydrogen-bond acceptors (Lipinski definition) is 8. The molecule has 4 aromatic rings. The standard InChI is InChI=1S/C23H32N8O4S/c1-6-8-18-27-28-22-19-21(26-23(32)31(18)22)25-20(24-19)16-14-15(9-10-17(16)35-13-7-2)36(33,34)30(5)12-11-29(3)4/h9-10,14H,6-8,11-13H2,1-5H3,(H,24,25)(H,26,32). The smallest absolute Gasteiger partial charge is 0.334 e. The average Bonchev–Trinajstić information content (AvgIpc) is 3.46. The molecule has 13 heteroatoms. The summed E-state index contributed by atoms with van der Waals surface area (Å²) in [4.78, 5) is 25.3. The van der Waals surface area contributed by atoms with Crippen LogP contribution in [0.25, 0.3) is 28.2 Å². The fourth-order valence-corrected chi connectivity index (χ4v) is 5.01. The molecule has 0 bridgehead atoms. The molecule has 0 unspecified atom stereocenters.